The maximum absolute atomic E-state index is 5.36. The number of hydrogen-bond acceptors (Lipinski definition) is 5. The Morgan fingerprint density at radius 2 is 2.14 bits per heavy atom. The molecule has 1 heterocycles. The minimum atomic E-state index is 0.613. The van der Waals surface area contributed by atoms with Crippen LogP contribution in [-0.2, 0) is 0 Å². The highest BCUT2D eigenvalue weighted by molar-refractivity contribution is 5.26. The Labute approximate surface area is 83.7 Å². The van der Waals surface area contributed by atoms with Crippen LogP contribution < -0.4 is 15.8 Å². The number of aromatic nitrogens is 2. The van der Waals surface area contributed by atoms with E-state index in [9.17, 15) is 0 Å². The third kappa shape index (κ3) is 3.57. The molecule has 0 bridgehead atoms. The molecular weight excluding hydrogens is 180 g/mol. The van der Waals surface area contributed by atoms with Crippen molar-refractivity contribution < 1.29 is 4.74 Å². The SMILES string of the molecule is CCOc1cnc(NCCCN)nc1. The van der Waals surface area contributed by atoms with Gasteiger partial charge in [0.25, 0.3) is 0 Å². The van der Waals surface area contributed by atoms with Crippen LogP contribution in [0.5, 0.6) is 5.75 Å². The molecule has 1 rings (SSSR count). The summed E-state index contributed by atoms with van der Waals surface area (Å²) in [6.07, 6.45) is 4.22. The predicted octanol–water partition coefficient (Wildman–Crippen LogP) is 0.636. The molecule has 0 aliphatic rings. The summed E-state index contributed by atoms with van der Waals surface area (Å²) in [5, 5.41) is 3.06. The van der Waals surface area contributed by atoms with E-state index in [1.807, 2.05) is 6.92 Å². The second-order valence-electron chi connectivity index (χ2n) is 2.74. The van der Waals surface area contributed by atoms with Crippen LogP contribution in [0, 0.1) is 0 Å². The maximum atomic E-state index is 5.36. The van der Waals surface area contributed by atoms with Gasteiger partial charge in [-0.1, -0.05) is 0 Å². The molecule has 5 nitrogen and oxygen atoms in total. The molecule has 3 N–H and O–H groups in total. The molecule has 0 spiro atoms. The molecule has 1 aromatic rings. The van der Waals surface area contributed by atoms with Gasteiger partial charge in [-0.15, -0.1) is 0 Å². The van der Waals surface area contributed by atoms with Gasteiger partial charge in [0.05, 0.1) is 19.0 Å². The van der Waals surface area contributed by atoms with E-state index in [2.05, 4.69) is 15.3 Å². The number of hydrogen-bond donors (Lipinski definition) is 2. The Kier molecular flexibility index (Phi) is 4.71. The van der Waals surface area contributed by atoms with E-state index >= 15 is 0 Å². The Balaban J connectivity index is 2.38. The van der Waals surface area contributed by atoms with Crippen LogP contribution in [0.2, 0.25) is 0 Å². The first kappa shape index (κ1) is 10.7. The molecule has 1 aromatic heterocycles. The number of nitrogens with two attached hydrogens (primary N) is 1. The fourth-order valence-electron chi connectivity index (χ4n) is 0.951. The van der Waals surface area contributed by atoms with Crippen LogP contribution in [0.3, 0.4) is 0 Å². The zero-order valence-corrected chi connectivity index (χ0v) is 8.36. The second-order valence-corrected chi connectivity index (χ2v) is 2.74. The molecule has 0 saturated carbocycles. The normalized spacial score (nSPS) is 9.86. The summed E-state index contributed by atoms with van der Waals surface area (Å²) < 4.78 is 5.21. The van der Waals surface area contributed by atoms with Crippen LogP contribution in [-0.4, -0.2) is 29.7 Å². The van der Waals surface area contributed by atoms with Crippen molar-refractivity contribution in [2.45, 2.75) is 13.3 Å². The monoisotopic (exact) mass is 196 g/mol. The van der Waals surface area contributed by atoms with Gasteiger partial charge >= 0.3 is 0 Å². The molecule has 0 aliphatic carbocycles. The van der Waals surface area contributed by atoms with Gasteiger partial charge in [-0.25, -0.2) is 9.97 Å². The van der Waals surface area contributed by atoms with Gasteiger partial charge in [0.2, 0.25) is 5.95 Å². The largest absolute Gasteiger partial charge is 0.491 e. The average Bonchev–Trinajstić information content (AvgIpc) is 2.21. The number of nitrogens with one attached hydrogen (secondary N) is 1. The maximum Gasteiger partial charge on any atom is 0.222 e. The van der Waals surface area contributed by atoms with E-state index < -0.39 is 0 Å². The lowest BCUT2D eigenvalue weighted by Gasteiger charge is -2.04. The smallest absolute Gasteiger partial charge is 0.222 e. The predicted molar refractivity (Wildman–Crippen MR) is 55.4 cm³/mol. The first-order chi connectivity index (χ1) is 6.86. The fourth-order valence-corrected chi connectivity index (χ4v) is 0.951. The van der Waals surface area contributed by atoms with Gasteiger partial charge in [0.15, 0.2) is 5.75 Å². The van der Waals surface area contributed by atoms with Crippen LogP contribution in [0.25, 0.3) is 0 Å². The van der Waals surface area contributed by atoms with Crippen molar-refractivity contribution in [2.75, 3.05) is 25.0 Å². The lowest BCUT2D eigenvalue weighted by molar-refractivity contribution is 0.337. The second kappa shape index (κ2) is 6.15. The number of anilines is 1. The molecule has 5 heteroatoms. The summed E-state index contributed by atoms with van der Waals surface area (Å²) in [6.45, 7) is 4.02. The molecule has 0 fully saturated rings. The summed E-state index contributed by atoms with van der Waals surface area (Å²) in [7, 11) is 0. The molecule has 78 valence electrons. The highest BCUT2D eigenvalue weighted by atomic mass is 16.5. The first-order valence-electron chi connectivity index (χ1n) is 4.75. The van der Waals surface area contributed by atoms with Gasteiger partial charge in [0.1, 0.15) is 0 Å². The van der Waals surface area contributed by atoms with E-state index in [1.54, 1.807) is 12.4 Å². The lowest BCUT2D eigenvalue weighted by atomic mass is 10.4. The number of ether oxygens (including phenoxy) is 1. The van der Waals surface area contributed by atoms with Crippen LogP contribution in [0.15, 0.2) is 12.4 Å². The zero-order chi connectivity index (χ0) is 10.2. The van der Waals surface area contributed by atoms with E-state index in [0.29, 0.717) is 24.8 Å². The van der Waals surface area contributed by atoms with E-state index in [1.165, 1.54) is 0 Å². The third-order valence-corrected chi connectivity index (χ3v) is 1.60. The third-order valence-electron chi connectivity index (χ3n) is 1.60. The fraction of sp³-hybridized carbons (Fsp3) is 0.556. The van der Waals surface area contributed by atoms with Crippen molar-refractivity contribution >= 4 is 5.95 Å². The van der Waals surface area contributed by atoms with Gasteiger partial charge < -0.3 is 15.8 Å². The number of nitrogens with zero attached hydrogens (tertiary/aromatic N) is 2. The minimum Gasteiger partial charge on any atom is -0.491 e. The molecular formula is C9H16N4O. The lowest BCUT2D eigenvalue weighted by Crippen LogP contribution is -2.10. The molecule has 0 saturated heterocycles. The number of rotatable bonds is 6. The molecule has 0 radical (unpaired) electrons. The van der Waals surface area contributed by atoms with E-state index in [0.717, 1.165) is 13.0 Å². The van der Waals surface area contributed by atoms with Gasteiger partial charge in [-0.2, -0.15) is 0 Å². The molecule has 0 aliphatic heterocycles. The molecule has 0 atom stereocenters. The van der Waals surface area contributed by atoms with E-state index in [4.69, 9.17) is 10.5 Å². The van der Waals surface area contributed by atoms with Gasteiger partial charge in [-0.05, 0) is 19.9 Å². The van der Waals surface area contributed by atoms with Crippen molar-refractivity contribution in [3.05, 3.63) is 12.4 Å². The Morgan fingerprint density at radius 3 is 2.71 bits per heavy atom. The van der Waals surface area contributed by atoms with E-state index in [-0.39, 0.29) is 0 Å². The first-order valence-corrected chi connectivity index (χ1v) is 4.75. The molecule has 0 amide bonds. The summed E-state index contributed by atoms with van der Waals surface area (Å²) in [4.78, 5) is 8.16. The van der Waals surface area contributed by atoms with Crippen molar-refractivity contribution in [3.8, 4) is 5.75 Å². The topological polar surface area (TPSA) is 73.1 Å². The van der Waals surface area contributed by atoms with Crippen molar-refractivity contribution in [2.24, 2.45) is 5.73 Å². The minimum absolute atomic E-state index is 0.613. The Morgan fingerprint density at radius 1 is 1.43 bits per heavy atom. The van der Waals surface area contributed by atoms with Gasteiger partial charge in [-0.3, -0.25) is 0 Å². The summed E-state index contributed by atoms with van der Waals surface area (Å²) in [6, 6.07) is 0. The summed E-state index contributed by atoms with van der Waals surface area (Å²) >= 11 is 0. The summed E-state index contributed by atoms with van der Waals surface area (Å²) in [5.41, 5.74) is 5.36. The molecule has 0 aromatic carbocycles. The zero-order valence-electron chi connectivity index (χ0n) is 8.36. The molecule has 0 unspecified atom stereocenters. The van der Waals surface area contributed by atoms with Crippen LogP contribution >= 0.6 is 0 Å². The highest BCUT2D eigenvalue weighted by Crippen LogP contribution is 2.07. The van der Waals surface area contributed by atoms with Crippen molar-refractivity contribution in [1.82, 2.24) is 9.97 Å². The van der Waals surface area contributed by atoms with Crippen LogP contribution in [0.1, 0.15) is 13.3 Å². The Bertz CT molecular complexity index is 249. The standard InChI is InChI=1S/C9H16N4O/c1-2-14-8-6-12-9(13-7-8)11-5-3-4-10/h6-7H,2-5,10H2,1H3,(H,11,12,13). The average molecular weight is 196 g/mol. The van der Waals surface area contributed by atoms with Gasteiger partial charge in [0, 0.05) is 6.54 Å². The Hall–Kier alpha value is -1.36. The van der Waals surface area contributed by atoms with Crippen molar-refractivity contribution in [3.63, 3.8) is 0 Å². The summed E-state index contributed by atoms with van der Waals surface area (Å²) in [5.74, 6) is 1.30. The van der Waals surface area contributed by atoms with Crippen molar-refractivity contribution in [1.29, 1.82) is 0 Å². The quantitative estimate of drug-likeness (QED) is 0.653. The molecule has 14 heavy (non-hydrogen) atoms. The van der Waals surface area contributed by atoms with Crippen LogP contribution in [0.4, 0.5) is 5.95 Å². The highest BCUT2D eigenvalue weighted by Gasteiger charge is 1.96.